The Balaban J connectivity index is 1.24. The van der Waals surface area contributed by atoms with Gasteiger partial charge in [-0.05, 0) is 97.8 Å². The van der Waals surface area contributed by atoms with Gasteiger partial charge in [-0.1, -0.05) is 119 Å². The highest BCUT2D eigenvalue weighted by atomic mass is 16.5. The number of likely N-dealkylation sites (N-methyl/N-ethyl adjacent to an activating group) is 2. The molecule has 1 saturated heterocycles. The van der Waals surface area contributed by atoms with E-state index < -0.39 is 64.9 Å². The normalized spacial score (nSPS) is 20.9. The topological polar surface area (TPSA) is 220 Å². The van der Waals surface area contributed by atoms with Crippen LogP contribution in [0.4, 0.5) is 0 Å². The van der Waals surface area contributed by atoms with Crippen LogP contribution in [-0.2, 0) is 54.6 Å². The molecule has 6 amide bonds. The van der Waals surface area contributed by atoms with Gasteiger partial charge in [0.25, 0.3) is 0 Å². The Morgan fingerprint density at radius 3 is 1.95 bits per heavy atom. The molecule has 6 N–H and O–H groups in total. The average molecular weight is 1000 g/mol. The average Bonchev–Trinajstić information content (AvgIpc) is 4.02. The lowest BCUT2D eigenvalue weighted by Crippen LogP contribution is -2.62. The maximum Gasteiger partial charge on any atom is 0.246 e. The van der Waals surface area contributed by atoms with Gasteiger partial charge in [0, 0.05) is 38.8 Å². The summed E-state index contributed by atoms with van der Waals surface area (Å²) in [6.45, 7) is 16.7. The zero-order valence-corrected chi connectivity index (χ0v) is 44.4. The molecule has 3 unspecified atom stereocenters. The molecule has 0 spiro atoms. The summed E-state index contributed by atoms with van der Waals surface area (Å²) in [5.41, 5.74) is 4.28. The molecule has 2 aliphatic heterocycles. The second-order valence-electron chi connectivity index (χ2n) is 22.4. The summed E-state index contributed by atoms with van der Waals surface area (Å²) in [6.07, 6.45) is 3.46. The van der Waals surface area contributed by atoms with Gasteiger partial charge in [-0.3, -0.25) is 28.8 Å². The number of aromatic nitrogens is 2. The summed E-state index contributed by atoms with van der Waals surface area (Å²) >= 11 is 0. The Hall–Kier alpha value is -6.46. The van der Waals surface area contributed by atoms with Crippen LogP contribution < -0.4 is 31.9 Å². The predicted octanol–water partition coefficient (Wildman–Crippen LogP) is 4.89. The van der Waals surface area contributed by atoms with Crippen molar-refractivity contribution >= 4 is 35.4 Å². The Morgan fingerprint density at radius 2 is 1.34 bits per heavy atom. The van der Waals surface area contributed by atoms with Gasteiger partial charge < -0.3 is 46.2 Å². The van der Waals surface area contributed by atoms with Crippen LogP contribution in [0.25, 0.3) is 0 Å². The lowest BCUT2D eigenvalue weighted by Gasteiger charge is -2.41. The van der Waals surface area contributed by atoms with Crippen molar-refractivity contribution in [3.8, 4) is 0 Å². The zero-order chi connectivity index (χ0) is 52.9. The molecule has 17 nitrogen and oxygen atoms in total. The molecule has 1 fully saturated rings. The summed E-state index contributed by atoms with van der Waals surface area (Å²) in [5.74, 6) is -1.78. The highest BCUT2D eigenvalue weighted by Crippen LogP contribution is 2.38. The van der Waals surface area contributed by atoms with E-state index in [0.29, 0.717) is 24.6 Å². The van der Waals surface area contributed by atoms with E-state index >= 15 is 9.59 Å². The van der Waals surface area contributed by atoms with E-state index in [1.807, 2.05) is 102 Å². The van der Waals surface area contributed by atoms with Crippen molar-refractivity contribution < 1.29 is 33.3 Å². The molecule has 1 aliphatic carbocycles. The van der Waals surface area contributed by atoms with E-state index in [4.69, 9.17) is 4.52 Å². The Labute approximate surface area is 430 Å². The van der Waals surface area contributed by atoms with Crippen LogP contribution in [0.5, 0.6) is 0 Å². The van der Waals surface area contributed by atoms with Gasteiger partial charge in [0.05, 0.1) is 24.2 Å². The number of rotatable bonds is 16. The molecule has 17 heteroatoms. The molecule has 0 saturated carbocycles. The number of carbonyl (C=O) groups excluding carboxylic acids is 6. The molecule has 1 aromatic heterocycles. The van der Waals surface area contributed by atoms with Crippen molar-refractivity contribution in [2.45, 2.75) is 162 Å². The highest BCUT2D eigenvalue weighted by Gasteiger charge is 2.47. The van der Waals surface area contributed by atoms with Gasteiger partial charge in [0.15, 0.2) is 5.82 Å². The lowest BCUT2D eigenvalue weighted by atomic mass is 9.83. The highest BCUT2D eigenvalue weighted by molar-refractivity contribution is 5.95. The number of hydrogen-bond donors (Lipinski definition) is 6. The number of nitrogens with one attached hydrogen (secondary N) is 6. The van der Waals surface area contributed by atoms with E-state index in [0.717, 1.165) is 47.1 Å². The molecule has 0 bridgehead atoms. The standard InChI is InChI=1S/C56H76N10O7/c1-32(57-10)49(67)62-46(55(4,5)6)53(71)65-30-39-27-37(24-25-38(39)28-44(65)52(70)61-43(48-59-34(3)73-64-48)26-35-18-13-12-14-19-35)40-29-45(51(69)60-42-23-17-21-36-20-15-16-22-41(36)42)66(31-40)54(72)47(56(7,8)9)63-50(68)33(2)58-11/h12-16,18-20,22,24-25,27,32-33,40,42-47,57-58H,17,21,23,26,28-31H2,1-11H3,(H,60,69)(H,61,70)(H,62,67)(H,63,68)/t32-,33-,40-,42+,43?,44?,45-,46?,47+/m0/s1. The SMILES string of the molecule is CN[C@@H](C)C(=O)NC(C(=O)N1Cc2cc([C@H]3C[C@@H](C(=O)N[C@@H]4CCCc5ccccc54)N(C(=O)[C@@H](NC(=O)[C@H](C)NC)C(C)(C)C)C3)ccc2CC1C(=O)NC(Cc1ccccc1)c1noc(C)n1)C(C)(C)C. The van der Waals surface area contributed by atoms with E-state index in [2.05, 4.69) is 54.2 Å². The third-order valence-corrected chi connectivity index (χ3v) is 14.9. The van der Waals surface area contributed by atoms with E-state index in [-0.39, 0.29) is 55.1 Å². The summed E-state index contributed by atoms with van der Waals surface area (Å²) < 4.78 is 5.36. The number of nitrogens with zero attached hydrogens (tertiary/aromatic N) is 4. The Kier molecular flexibility index (Phi) is 16.9. The third kappa shape index (κ3) is 12.7. The maximum absolute atomic E-state index is 15.2. The van der Waals surface area contributed by atoms with Crippen molar-refractivity contribution in [1.29, 1.82) is 0 Å². The zero-order valence-electron chi connectivity index (χ0n) is 44.4. The number of hydrogen-bond acceptors (Lipinski definition) is 11. The molecule has 3 aromatic carbocycles. The van der Waals surface area contributed by atoms with Gasteiger partial charge in [-0.15, -0.1) is 0 Å². The first-order chi connectivity index (χ1) is 34.6. The molecule has 0 radical (unpaired) electrons. The molecular weight excluding hydrogens is 925 g/mol. The van der Waals surface area contributed by atoms with Gasteiger partial charge in [-0.25, -0.2) is 0 Å². The van der Waals surface area contributed by atoms with Gasteiger partial charge in [0.2, 0.25) is 41.3 Å². The number of carbonyl (C=O) groups is 6. The molecule has 9 atom stereocenters. The van der Waals surface area contributed by atoms with Crippen molar-refractivity contribution in [2.75, 3.05) is 20.6 Å². The van der Waals surface area contributed by atoms with Gasteiger partial charge in [-0.2, -0.15) is 4.98 Å². The second-order valence-corrected chi connectivity index (χ2v) is 22.4. The minimum absolute atomic E-state index is 0.0386. The van der Waals surface area contributed by atoms with Crippen molar-refractivity contribution in [1.82, 2.24) is 51.8 Å². The lowest BCUT2D eigenvalue weighted by molar-refractivity contribution is -0.147. The molecule has 392 valence electrons. The summed E-state index contributed by atoms with van der Waals surface area (Å²) in [4.78, 5) is 94.4. The molecular formula is C56H76N10O7. The first-order valence-electron chi connectivity index (χ1n) is 25.8. The quantitative estimate of drug-likeness (QED) is 0.0888. The Bertz CT molecular complexity index is 2640. The number of fused-ring (bicyclic) bond motifs is 2. The number of likely N-dealkylation sites (tertiary alicyclic amines) is 1. The van der Waals surface area contributed by atoms with Crippen molar-refractivity contribution in [2.24, 2.45) is 10.8 Å². The van der Waals surface area contributed by atoms with E-state index in [1.54, 1.807) is 44.7 Å². The first-order valence-corrected chi connectivity index (χ1v) is 25.8. The minimum Gasteiger partial charge on any atom is -0.347 e. The van der Waals surface area contributed by atoms with Crippen LogP contribution in [0.15, 0.2) is 77.3 Å². The van der Waals surface area contributed by atoms with Crippen molar-refractivity contribution in [3.05, 3.63) is 118 Å². The number of amides is 6. The monoisotopic (exact) mass is 1000 g/mol. The molecule has 3 aliphatic rings. The summed E-state index contributed by atoms with van der Waals surface area (Å²) in [5, 5.41) is 22.6. The fourth-order valence-electron chi connectivity index (χ4n) is 10.3. The number of aryl methyl sites for hydroxylation is 2. The molecule has 3 heterocycles. The van der Waals surface area contributed by atoms with Crippen LogP contribution in [0.2, 0.25) is 0 Å². The molecule has 73 heavy (non-hydrogen) atoms. The predicted molar refractivity (Wildman–Crippen MR) is 277 cm³/mol. The first kappa shape index (κ1) is 54.3. The fourth-order valence-corrected chi connectivity index (χ4v) is 10.3. The minimum atomic E-state index is -1.01. The molecule has 7 rings (SSSR count). The second kappa shape index (κ2) is 22.8. The van der Waals surface area contributed by atoms with E-state index in [9.17, 15) is 19.2 Å². The maximum atomic E-state index is 15.2. The largest absolute Gasteiger partial charge is 0.347 e. The third-order valence-electron chi connectivity index (χ3n) is 14.9. The fraction of sp³-hybridized carbons (Fsp3) is 0.536. The van der Waals surface area contributed by atoms with Crippen LogP contribution in [0.1, 0.15) is 138 Å². The van der Waals surface area contributed by atoms with Crippen molar-refractivity contribution in [3.63, 3.8) is 0 Å². The summed E-state index contributed by atoms with van der Waals surface area (Å²) in [6, 6.07) is 18.0. The van der Waals surface area contributed by atoms with Gasteiger partial charge >= 0.3 is 0 Å². The van der Waals surface area contributed by atoms with Crippen LogP contribution in [0, 0.1) is 17.8 Å². The van der Waals surface area contributed by atoms with Crippen LogP contribution in [0.3, 0.4) is 0 Å². The van der Waals surface area contributed by atoms with Gasteiger partial charge in [0.1, 0.15) is 24.2 Å². The van der Waals surface area contributed by atoms with Crippen LogP contribution >= 0.6 is 0 Å². The Morgan fingerprint density at radius 1 is 0.726 bits per heavy atom. The number of benzene rings is 3. The smallest absolute Gasteiger partial charge is 0.246 e. The molecule has 4 aromatic rings. The van der Waals surface area contributed by atoms with E-state index in [1.165, 1.54) is 5.56 Å². The van der Waals surface area contributed by atoms with Crippen LogP contribution in [-0.4, -0.2) is 112 Å². The summed E-state index contributed by atoms with van der Waals surface area (Å²) in [7, 11) is 3.36.